The molecule has 1 saturated heterocycles. The van der Waals surface area contributed by atoms with Crippen LogP contribution in [0.5, 0.6) is 0 Å². The van der Waals surface area contributed by atoms with Gasteiger partial charge < -0.3 is 0 Å². The quantitative estimate of drug-likeness (QED) is 0.371. The van der Waals surface area contributed by atoms with E-state index in [-0.39, 0.29) is 17.9 Å². The molecule has 0 saturated carbocycles. The molecule has 2 amide bonds. The van der Waals surface area contributed by atoms with E-state index in [0.717, 1.165) is 19.4 Å². The van der Waals surface area contributed by atoms with Crippen LogP contribution in [-0.2, 0) is 26.0 Å². The van der Waals surface area contributed by atoms with Crippen LogP contribution in [0.15, 0.2) is 92.7 Å². The predicted octanol–water partition coefficient (Wildman–Crippen LogP) is 4.78. The van der Waals surface area contributed by atoms with Gasteiger partial charge in [-0.2, -0.15) is 4.31 Å². The molecule has 6 nitrogen and oxygen atoms in total. The molecule has 0 aliphatic carbocycles. The number of anilines is 1. The lowest BCUT2D eigenvalue weighted by atomic mass is 10.1. The molecular weight excluding hydrogens is 572 g/mol. The number of benzene rings is 3. The summed E-state index contributed by atoms with van der Waals surface area (Å²) in [5, 5.41) is 0. The number of hydrogen-bond acceptors (Lipinski definition) is 4. The van der Waals surface area contributed by atoms with Gasteiger partial charge in [0, 0.05) is 15.5 Å². The molecule has 9 heteroatoms. The van der Waals surface area contributed by atoms with Crippen LogP contribution in [0.25, 0.3) is 0 Å². The van der Waals surface area contributed by atoms with E-state index < -0.39 is 27.9 Å². The van der Waals surface area contributed by atoms with Gasteiger partial charge in [-0.1, -0.05) is 62.2 Å². The van der Waals surface area contributed by atoms with Crippen LogP contribution >= 0.6 is 31.9 Å². The minimum Gasteiger partial charge on any atom is -0.274 e. The van der Waals surface area contributed by atoms with E-state index >= 15 is 0 Å². The Kier molecular flexibility index (Phi) is 7.13. The Labute approximate surface area is 209 Å². The van der Waals surface area contributed by atoms with E-state index in [1.54, 1.807) is 36.4 Å². The third kappa shape index (κ3) is 5.11. The van der Waals surface area contributed by atoms with Gasteiger partial charge in [0.1, 0.15) is 6.04 Å². The van der Waals surface area contributed by atoms with Crippen LogP contribution < -0.4 is 4.90 Å². The zero-order chi connectivity index (χ0) is 23.6. The topological polar surface area (TPSA) is 74.8 Å². The summed E-state index contributed by atoms with van der Waals surface area (Å²) < 4.78 is 29.9. The van der Waals surface area contributed by atoms with Crippen molar-refractivity contribution < 1.29 is 18.0 Å². The van der Waals surface area contributed by atoms with Gasteiger partial charge in [-0.15, -0.1) is 0 Å². The Morgan fingerprint density at radius 1 is 0.848 bits per heavy atom. The first-order valence-electron chi connectivity index (χ1n) is 10.2. The van der Waals surface area contributed by atoms with Gasteiger partial charge in [-0.05, 0) is 60.5 Å². The first kappa shape index (κ1) is 23.8. The summed E-state index contributed by atoms with van der Waals surface area (Å²) in [6.45, 7) is 0.0697. The Hall–Kier alpha value is -2.33. The highest BCUT2D eigenvalue weighted by molar-refractivity contribution is 9.10. The van der Waals surface area contributed by atoms with Gasteiger partial charge in [0.2, 0.25) is 15.9 Å². The van der Waals surface area contributed by atoms with Crippen molar-refractivity contribution in [3.05, 3.63) is 93.4 Å². The summed E-state index contributed by atoms with van der Waals surface area (Å²) in [7, 11) is -4.03. The number of amides is 2. The number of imide groups is 1. The number of halogens is 2. The normalized spacial score (nSPS) is 16.6. The van der Waals surface area contributed by atoms with Crippen LogP contribution in [-0.4, -0.2) is 37.1 Å². The monoisotopic (exact) mass is 590 g/mol. The van der Waals surface area contributed by atoms with Gasteiger partial charge in [0.05, 0.1) is 17.0 Å². The molecular formula is C24H20Br2N2O4S. The molecule has 33 heavy (non-hydrogen) atoms. The molecule has 1 unspecified atom stereocenters. The van der Waals surface area contributed by atoms with Gasteiger partial charge in [0.15, 0.2) is 0 Å². The van der Waals surface area contributed by atoms with Crippen LogP contribution in [0.3, 0.4) is 0 Å². The second-order valence-corrected chi connectivity index (χ2v) is 11.3. The van der Waals surface area contributed by atoms with Gasteiger partial charge >= 0.3 is 0 Å². The molecule has 1 aliphatic rings. The maximum atomic E-state index is 13.6. The fourth-order valence-corrected chi connectivity index (χ4v) is 5.88. The molecule has 1 atom stereocenters. The predicted molar refractivity (Wildman–Crippen MR) is 133 cm³/mol. The van der Waals surface area contributed by atoms with Crippen LogP contribution in [0.1, 0.15) is 12.0 Å². The van der Waals surface area contributed by atoms with Crippen LogP contribution in [0, 0.1) is 0 Å². The smallest absolute Gasteiger partial charge is 0.252 e. The average Bonchev–Trinajstić information content (AvgIpc) is 3.09. The third-order valence-corrected chi connectivity index (χ3v) is 8.42. The molecule has 3 aromatic rings. The zero-order valence-electron chi connectivity index (χ0n) is 17.4. The number of hydrogen-bond donors (Lipinski definition) is 0. The molecule has 3 aromatic carbocycles. The van der Waals surface area contributed by atoms with Crippen molar-refractivity contribution in [3.8, 4) is 0 Å². The molecule has 0 radical (unpaired) electrons. The first-order valence-corrected chi connectivity index (χ1v) is 13.2. The SMILES string of the molecule is O=C1CC(N(CCc2ccccc2)S(=O)(=O)c2ccc(Br)cc2)C(=O)N1c1ccc(Br)cc1. The number of sulfonamides is 1. The molecule has 0 aromatic heterocycles. The minimum absolute atomic E-state index is 0.0697. The van der Waals surface area contributed by atoms with Crippen molar-refractivity contribution >= 4 is 59.4 Å². The maximum absolute atomic E-state index is 13.6. The maximum Gasteiger partial charge on any atom is 0.252 e. The highest BCUT2D eigenvalue weighted by Crippen LogP contribution is 2.30. The van der Waals surface area contributed by atoms with Crippen molar-refractivity contribution in [1.82, 2.24) is 4.31 Å². The lowest BCUT2D eigenvalue weighted by Gasteiger charge is -2.27. The van der Waals surface area contributed by atoms with Crippen molar-refractivity contribution in [1.29, 1.82) is 0 Å². The van der Waals surface area contributed by atoms with Crippen molar-refractivity contribution in [2.75, 3.05) is 11.4 Å². The summed E-state index contributed by atoms with van der Waals surface area (Å²) in [6.07, 6.45) is 0.201. The van der Waals surface area contributed by atoms with E-state index in [4.69, 9.17) is 0 Å². The van der Waals surface area contributed by atoms with Crippen LogP contribution in [0.4, 0.5) is 5.69 Å². The van der Waals surface area contributed by atoms with Gasteiger partial charge in [-0.25, -0.2) is 13.3 Å². The highest BCUT2D eigenvalue weighted by atomic mass is 79.9. The van der Waals surface area contributed by atoms with Crippen molar-refractivity contribution in [2.24, 2.45) is 0 Å². The Morgan fingerprint density at radius 3 is 2.03 bits per heavy atom. The molecule has 0 bridgehead atoms. The largest absolute Gasteiger partial charge is 0.274 e. The number of carbonyl (C=O) groups is 2. The molecule has 0 spiro atoms. The summed E-state index contributed by atoms with van der Waals surface area (Å²) in [5.41, 5.74) is 1.36. The standard InChI is InChI=1S/C24H20Br2N2O4S/c25-18-6-10-20(11-7-18)28-23(29)16-22(24(28)30)27(15-14-17-4-2-1-3-5-17)33(31,32)21-12-8-19(26)9-13-21/h1-13,22H,14-16H2. The molecule has 1 heterocycles. The zero-order valence-corrected chi connectivity index (χ0v) is 21.4. The summed E-state index contributed by atoms with van der Waals surface area (Å²) in [5.74, 6) is -0.973. The lowest BCUT2D eigenvalue weighted by molar-refractivity contribution is -0.122. The van der Waals surface area contributed by atoms with Crippen LogP contribution in [0.2, 0.25) is 0 Å². The fourth-order valence-electron chi connectivity index (χ4n) is 3.77. The number of nitrogens with zero attached hydrogens (tertiary/aromatic N) is 2. The fraction of sp³-hybridized carbons (Fsp3) is 0.167. The minimum atomic E-state index is -4.03. The Morgan fingerprint density at radius 2 is 1.42 bits per heavy atom. The average molecular weight is 592 g/mol. The first-order chi connectivity index (χ1) is 15.8. The summed E-state index contributed by atoms with van der Waals surface area (Å²) >= 11 is 6.66. The molecule has 0 N–H and O–H groups in total. The number of carbonyl (C=O) groups excluding carboxylic acids is 2. The van der Waals surface area contributed by atoms with E-state index in [1.807, 2.05) is 30.3 Å². The van der Waals surface area contributed by atoms with E-state index in [1.165, 1.54) is 16.4 Å². The second kappa shape index (κ2) is 9.89. The second-order valence-electron chi connectivity index (χ2n) is 7.57. The van der Waals surface area contributed by atoms with Crippen molar-refractivity contribution in [2.45, 2.75) is 23.8 Å². The van der Waals surface area contributed by atoms with Gasteiger partial charge in [0.25, 0.3) is 5.91 Å². The number of rotatable bonds is 7. The summed E-state index contributed by atoms with van der Waals surface area (Å²) in [4.78, 5) is 27.3. The van der Waals surface area contributed by atoms with E-state index in [0.29, 0.717) is 12.1 Å². The van der Waals surface area contributed by atoms with E-state index in [2.05, 4.69) is 31.9 Å². The van der Waals surface area contributed by atoms with Gasteiger partial charge in [-0.3, -0.25) is 9.59 Å². The molecule has 1 fully saturated rings. The Bertz CT molecular complexity index is 1260. The van der Waals surface area contributed by atoms with E-state index in [9.17, 15) is 18.0 Å². The third-order valence-electron chi connectivity index (χ3n) is 5.44. The molecule has 170 valence electrons. The van der Waals surface area contributed by atoms with Crippen molar-refractivity contribution in [3.63, 3.8) is 0 Å². The molecule has 4 rings (SSSR count). The lowest BCUT2D eigenvalue weighted by Crippen LogP contribution is -2.46. The highest BCUT2D eigenvalue weighted by Gasteiger charge is 2.46. The Balaban J connectivity index is 1.69. The summed E-state index contributed by atoms with van der Waals surface area (Å²) in [6, 6.07) is 21.4. The molecule has 1 aliphatic heterocycles.